The number of ether oxygens (including phenoxy) is 1. The summed E-state index contributed by atoms with van der Waals surface area (Å²) in [5, 5.41) is 8.91. The standard InChI is InChI=1S/C14H22N2O2/c1-18-14-4-2-3-13(11-14)12-16-7-5-15(6-8-16)9-10-17/h2-4,11,17H,5-10,12H2,1H3. The fraction of sp³-hybridized carbons (Fsp3) is 0.571. The minimum absolute atomic E-state index is 0.260. The van der Waals surface area contributed by atoms with E-state index in [9.17, 15) is 0 Å². The molecular weight excluding hydrogens is 228 g/mol. The van der Waals surface area contributed by atoms with Crippen LogP contribution in [0.25, 0.3) is 0 Å². The smallest absolute Gasteiger partial charge is 0.119 e. The van der Waals surface area contributed by atoms with Gasteiger partial charge in [-0.3, -0.25) is 9.80 Å². The van der Waals surface area contributed by atoms with Crippen molar-refractivity contribution in [1.82, 2.24) is 9.80 Å². The van der Waals surface area contributed by atoms with Crippen molar-refractivity contribution >= 4 is 0 Å². The van der Waals surface area contributed by atoms with Crippen LogP contribution in [0.2, 0.25) is 0 Å². The summed E-state index contributed by atoms with van der Waals surface area (Å²) in [6.07, 6.45) is 0. The van der Waals surface area contributed by atoms with Gasteiger partial charge in [0.05, 0.1) is 13.7 Å². The summed E-state index contributed by atoms with van der Waals surface area (Å²) in [5.41, 5.74) is 1.30. The number of aliphatic hydroxyl groups excluding tert-OH is 1. The monoisotopic (exact) mass is 250 g/mol. The first-order chi connectivity index (χ1) is 8.81. The summed E-state index contributed by atoms with van der Waals surface area (Å²) in [4.78, 5) is 4.75. The fourth-order valence-corrected chi connectivity index (χ4v) is 2.34. The SMILES string of the molecule is COc1cccc(CN2CCN(CCO)CC2)c1. The maximum atomic E-state index is 8.91. The molecule has 0 aliphatic carbocycles. The number of benzene rings is 1. The number of rotatable bonds is 5. The van der Waals surface area contributed by atoms with Crippen LogP contribution in [0.5, 0.6) is 5.75 Å². The van der Waals surface area contributed by atoms with Gasteiger partial charge in [-0.05, 0) is 17.7 Å². The van der Waals surface area contributed by atoms with Crippen LogP contribution in [0, 0.1) is 0 Å². The summed E-state index contributed by atoms with van der Waals surface area (Å²) < 4.78 is 5.24. The Kier molecular flexibility index (Phi) is 4.99. The summed E-state index contributed by atoms with van der Waals surface area (Å²) in [6, 6.07) is 8.25. The van der Waals surface area contributed by atoms with Crippen molar-refractivity contribution in [3.8, 4) is 5.75 Å². The molecule has 1 N–H and O–H groups in total. The molecule has 100 valence electrons. The highest BCUT2D eigenvalue weighted by Crippen LogP contribution is 2.15. The summed E-state index contributed by atoms with van der Waals surface area (Å²) in [7, 11) is 1.70. The molecule has 0 bridgehead atoms. The minimum atomic E-state index is 0.260. The Labute approximate surface area is 109 Å². The maximum absolute atomic E-state index is 8.91. The first-order valence-electron chi connectivity index (χ1n) is 6.50. The van der Waals surface area contributed by atoms with E-state index in [1.165, 1.54) is 5.56 Å². The van der Waals surface area contributed by atoms with Crippen LogP contribution in [-0.4, -0.2) is 61.3 Å². The molecule has 0 radical (unpaired) electrons. The minimum Gasteiger partial charge on any atom is -0.497 e. The molecule has 1 aromatic carbocycles. The molecular formula is C14H22N2O2. The van der Waals surface area contributed by atoms with Gasteiger partial charge in [-0.1, -0.05) is 12.1 Å². The second-order valence-corrected chi connectivity index (χ2v) is 4.69. The summed E-state index contributed by atoms with van der Waals surface area (Å²) in [5.74, 6) is 0.923. The molecule has 1 saturated heterocycles. The lowest BCUT2D eigenvalue weighted by atomic mass is 10.2. The van der Waals surface area contributed by atoms with Crippen LogP contribution in [0.3, 0.4) is 0 Å². The van der Waals surface area contributed by atoms with Crippen molar-refractivity contribution < 1.29 is 9.84 Å². The van der Waals surface area contributed by atoms with E-state index in [-0.39, 0.29) is 6.61 Å². The number of hydrogen-bond donors (Lipinski definition) is 1. The average molecular weight is 250 g/mol. The zero-order valence-corrected chi connectivity index (χ0v) is 11.0. The van der Waals surface area contributed by atoms with Gasteiger partial charge in [-0.15, -0.1) is 0 Å². The third kappa shape index (κ3) is 3.70. The van der Waals surface area contributed by atoms with Gasteiger partial charge in [-0.25, -0.2) is 0 Å². The predicted octanol–water partition coefficient (Wildman–Crippen LogP) is 0.805. The Morgan fingerprint density at radius 1 is 1.17 bits per heavy atom. The molecule has 1 heterocycles. The van der Waals surface area contributed by atoms with Gasteiger partial charge in [0, 0.05) is 39.3 Å². The third-order valence-electron chi connectivity index (χ3n) is 3.42. The quantitative estimate of drug-likeness (QED) is 0.839. The molecule has 2 rings (SSSR count). The third-order valence-corrected chi connectivity index (χ3v) is 3.42. The van der Waals surface area contributed by atoms with E-state index in [0.29, 0.717) is 0 Å². The van der Waals surface area contributed by atoms with Crippen LogP contribution in [0.15, 0.2) is 24.3 Å². The topological polar surface area (TPSA) is 35.9 Å². The molecule has 0 saturated carbocycles. The second-order valence-electron chi connectivity index (χ2n) is 4.69. The molecule has 1 fully saturated rings. The number of aliphatic hydroxyl groups is 1. The number of piperazine rings is 1. The lowest BCUT2D eigenvalue weighted by Gasteiger charge is -2.34. The Hall–Kier alpha value is -1.10. The van der Waals surface area contributed by atoms with Gasteiger partial charge in [0.2, 0.25) is 0 Å². The lowest BCUT2D eigenvalue weighted by Crippen LogP contribution is -2.46. The number of hydrogen-bond acceptors (Lipinski definition) is 4. The molecule has 0 atom stereocenters. The molecule has 0 spiro atoms. The van der Waals surface area contributed by atoms with Crippen molar-refractivity contribution in [3.63, 3.8) is 0 Å². The maximum Gasteiger partial charge on any atom is 0.119 e. The van der Waals surface area contributed by atoms with Crippen LogP contribution in [-0.2, 0) is 6.54 Å². The van der Waals surface area contributed by atoms with E-state index < -0.39 is 0 Å². The zero-order chi connectivity index (χ0) is 12.8. The molecule has 4 nitrogen and oxygen atoms in total. The Balaban J connectivity index is 1.83. The van der Waals surface area contributed by atoms with Gasteiger partial charge in [0.25, 0.3) is 0 Å². The van der Waals surface area contributed by atoms with E-state index in [1.54, 1.807) is 7.11 Å². The Bertz CT molecular complexity index is 363. The van der Waals surface area contributed by atoms with Gasteiger partial charge < -0.3 is 9.84 Å². The summed E-state index contributed by atoms with van der Waals surface area (Å²) >= 11 is 0. The van der Waals surface area contributed by atoms with Crippen molar-refractivity contribution in [3.05, 3.63) is 29.8 Å². The van der Waals surface area contributed by atoms with Crippen LogP contribution < -0.4 is 4.74 Å². The van der Waals surface area contributed by atoms with Crippen molar-refractivity contribution in [2.75, 3.05) is 46.4 Å². The highest BCUT2D eigenvalue weighted by Gasteiger charge is 2.16. The van der Waals surface area contributed by atoms with Crippen LogP contribution in [0.1, 0.15) is 5.56 Å². The molecule has 1 aliphatic rings. The molecule has 1 aromatic rings. The van der Waals surface area contributed by atoms with Crippen LogP contribution in [0.4, 0.5) is 0 Å². The molecule has 4 heteroatoms. The highest BCUT2D eigenvalue weighted by molar-refractivity contribution is 5.28. The van der Waals surface area contributed by atoms with Crippen molar-refractivity contribution in [1.29, 1.82) is 0 Å². The van der Waals surface area contributed by atoms with Gasteiger partial charge in [0.1, 0.15) is 5.75 Å². The molecule has 0 unspecified atom stereocenters. The Morgan fingerprint density at radius 2 is 1.89 bits per heavy atom. The van der Waals surface area contributed by atoms with Crippen LogP contribution >= 0.6 is 0 Å². The molecule has 1 aliphatic heterocycles. The number of nitrogens with zero attached hydrogens (tertiary/aromatic N) is 2. The van der Waals surface area contributed by atoms with Gasteiger partial charge in [0.15, 0.2) is 0 Å². The van der Waals surface area contributed by atoms with E-state index >= 15 is 0 Å². The Morgan fingerprint density at radius 3 is 2.56 bits per heavy atom. The molecule has 0 aromatic heterocycles. The molecule has 18 heavy (non-hydrogen) atoms. The first kappa shape index (κ1) is 13.3. The van der Waals surface area contributed by atoms with Crippen molar-refractivity contribution in [2.45, 2.75) is 6.54 Å². The first-order valence-corrected chi connectivity index (χ1v) is 6.50. The predicted molar refractivity (Wildman–Crippen MR) is 71.8 cm³/mol. The highest BCUT2D eigenvalue weighted by atomic mass is 16.5. The van der Waals surface area contributed by atoms with E-state index in [1.807, 2.05) is 12.1 Å². The lowest BCUT2D eigenvalue weighted by molar-refractivity contribution is 0.108. The second kappa shape index (κ2) is 6.73. The fourth-order valence-electron chi connectivity index (χ4n) is 2.34. The average Bonchev–Trinajstić information content (AvgIpc) is 2.42. The van der Waals surface area contributed by atoms with E-state index in [0.717, 1.165) is 45.0 Å². The normalized spacial score (nSPS) is 17.9. The number of methoxy groups -OCH3 is 1. The van der Waals surface area contributed by atoms with Crippen molar-refractivity contribution in [2.24, 2.45) is 0 Å². The zero-order valence-electron chi connectivity index (χ0n) is 11.0. The molecule has 0 amide bonds. The van der Waals surface area contributed by atoms with E-state index in [4.69, 9.17) is 9.84 Å². The van der Waals surface area contributed by atoms with Gasteiger partial charge >= 0.3 is 0 Å². The largest absolute Gasteiger partial charge is 0.497 e. The van der Waals surface area contributed by atoms with Gasteiger partial charge in [-0.2, -0.15) is 0 Å². The van der Waals surface area contributed by atoms with E-state index in [2.05, 4.69) is 21.9 Å². The number of β-amino-alcohol motifs (C(OH)–C–C–N with tert-alkyl or cyclic N) is 1. The summed E-state index contributed by atoms with van der Waals surface area (Å²) in [6.45, 7) is 6.26.